The second-order valence-corrected chi connectivity index (χ2v) is 9.37. The van der Waals surface area contributed by atoms with Gasteiger partial charge in [-0.3, -0.25) is 4.40 Å². The number of nitrogen functional groups attached to an aromatic ring is 1. The van der Waals surface area contributed by atoms with Gasteiger partial charge in [0, 0.05) is 24.0 Å². The standard InChI is InChI=1S/C19H22FN5O3S/c1-19(26)6-4-13(5-7-19)24-29(27,28)16-10-12(2-3-14(16)20)15-11-23-18-17(21)22-8-9-25(15)18/h2-3,8-11,13,24,26H,4-7H2,1H3,(H2,21,22)/t13-,19-. The number of nitrogens with zero attached hydrogens (tertiary/aromatic N) is 3. The van der Waals surface area contributed by atoms with E-state index in [1.807, 2.05) is 0 Å². The summed E-state index contributed by atoms with van der Waals surface area (Å²) in [5.41, 5.74) is 6.52. The highest BCUT2D eigenvalue weighted by molar-refractivity contribution is 7.89. The summed E-state index contributed by atoms with van der Waals surface area (Å²) in [4.78, 5) is 7.75. The summed E-state index contributed by atoms with van der Waals surface area (Å²) in [6.45, 7) is 1.74. The Morgan fingerprint density at radius 1 is 1.31 bits per heavy atom. The third kappa shape index (κ3) is 3.83. The van der Waals surface area contributed by atoms with Crippen molar-refractivity contribution in [2.75, 3.05) is 5.73 Å². The molecule has 8 nitrogen and oxygen atoms in total. The third-order valence-electron chi connectivity index (χ3n) is 5.36. The molecule has 1 aliphatic carbocycles. The highest BCUT2D eigenvalue weighted by Gasteiger charge is 2.32. The maximum absolute atomic E-state index is 14.5. The largest absolute Gasteiger partial charge is 0.390 e. The van der Waals surface area contributed by atoms with E-state index in [-0.39, 0.29) is 11.9 Å². The van der Waals surface area contributed by atoms with E-state index in [1.165, 1.54) is 24.5 Å². The minimum atomic E-state index is -4.08. The van der Waals surface area contributed by atoms with Crippen molar-refractivity contribution < 1.29 is 17.9 Å². The maximum Gasteiger partial charge on any atom is 0.243 e. The molecule has 2 aromatic heterocycles. The van der Waals surface area contributed by atoms with Crippen LogP contribution in [0.2, 0.25) is 0 Å². The Morgan fingerprint density at radius 3 is 2.76 bits per heavy atom. The topological polar surface area (TPSA) is 123 Å². The van der Waals surface area contributed by atoms with Gasteiger partial charge in [0.1, 0.15) is 10.7 Å². The number of imidazole rings is 1. The first-order valence-electron chi connectivity index (χ1n) is 9.28. The van der Waals surface area contributed by atoms with Crippen LogP contribution in [-0.2, 0) is 10.0 Å². The number of aromatic nitrogens is 3. The van der Waals surface area contributed by atoms with Crippen molar-refractivity contribution in [1.82, 2.24) is 19.1 Å². The number of sulfonamides is 1. The smallest absolute Gasteiger partial charge is 0.243 e. The van der Waals surface area contributed by atoms with Crippen LogP contribution in [0.5, 0.6) is 0 Å². The summed E-state index contributed by atoms with van der Waals surface area (Å²) in [7, 11) is -4.08. The molecule has 154 valence electrons. The van der Waals surface area contributed by atoms with Crippen molar-refractivity contribution in [2.24, 2.45) is 0 Å². The van der Waals surface area contributed by atoms with Crippen molar-refractivity contribution >= 4 is 21.5 Å². The van der Waals surface area contributed by atoms with Gasteiger partial charge in [0.15, 0.2) is 11.5 Å². The van der Waals surface area contributed by atoms with E-state index in [9.17, 15) is 17.9 Å². The van der Waals surface area contributed by atoms with E-state index in [0.29, 0.717) is 42.6 Å². The van der Waals surface area contributed by atoms with E-state index in [1.54, 1.807) is 17.5 Å². The first-order valence-corrected chi connectivity index (χ1v) is 10.8. The van der Waals surface area contributed by atoms with Crippen molar-refractivity contribution in [3.05, 3.63) is 42.6 Å². The lowest BCUT2D eigenvalue weighted by Crippen LogP contribution is -2.42. The van der Waals surface area contributed by atoms with Gasteiger partial charge in [-0.1, -0.05) is 0 Å². The monoisotopic (exact) mass is 419 g/mol. The van der Waals surface area contributed by atoms with Gasteiger partial charge in [0.25, 0.3) is 0 Å². The molecular weight excluding hydrogens is 397 g/mol. The van der Waals surface area contributed by atoms with Crippen LogP contribution in [0.1, 0.15) is 32.6 Å². The number of halogens is 1. The Hall–Kier alpha value is -2.56. The Bertz CT molecular complexity index is 1170. The van der Waals surface area contributed by atoms with E-state index in [2.05, 4.69) is 14.7 Å². The molecule has 3 aromatic rings. The number of rotatable bonds is 4. The lowest BCUT2D eigenvalue weighted by molar-refractivity contribution is 0.0163. The molecule has 0 bridgehead atoms. The molecule has 1 fully saturated rings. The number of hydrogen-bond acceptors (Lipinski definition) is 6. The van der Waals surface area contributed by atoms with Crippen LogP contribution in [0.15, 0.2) is 41.7 Å². The second-order valence-electron chi connectivity index (χ2n) is 7.69. The van der Waals surface area contributed by atoms with E-state index >= 15 is 0 Å². The zero-order chi connectivity index (χ0) is 20.8. The van der Waals surface area contributed by atoms with Gasteiger partial charge in [0.05, 0.1) is 17.5 Å². The first kappa shape index (κ1) is 19.7. The molecule has 29 heavy (non-hydrogen) atoms. The molecule has 0 amide bonds. The second kappa shape index (κ2) is 7.05. The fraction of sp³-hybridized carbons (Fsp3) is 0.368. The summed E-state index contributed by atoms with van der Waals surface area (Å²) in [5, 5.41) is 10.0. The molecule has 2 heterocycles. The number of fused-ring (bicyclic) bond motifs is 1. The van der Waals surface area contributed by atoms with E-state index in [4.69, 9.17) is 5.73 Å². The third-order valence-corrected chi connectivity index (χ3v) is 6.89. The minimum absolute atomic E-state index is 0.239. The Balaban J connectivity index is 1.67. The molecule has 1 aromatic carbocycles. The minimum Gasteiger partial charge on any atom is -0.390 e. The van der Waals surface area contributed by atoms with Crippen LogP contribution < -0.4 is 10.5 Å². The molecular formula is C19H22FN5O3S. The van der Waals surface area contributed by atoms with Gasteiger partial charge in [-0.2, -0.15) is 0 Å². The van der Waals surface area contributed by atoms with Crippen molar-refractivity contribution in [2.45, 2.75) is 49.1 Å². The van der Waals surface area contributed by atoms with Gasteiger partial charge in [-0.25, -0.2) is 27.5 Å². The zero-order valence-electron chi connectivity index (χ0n) is 15.8. The van der Waals surface area contributed by atoms with Crippen molar-refractivity contribution in [3.8, 4) is 11.3 Å². The van der Waals surface area contributed by atoms with Crippen LogP contribution in [0, 0.1) is 5.82 Å². The molecule has 0 aliphatic heterocycles. The fourth-order valence-electron chi connectivity index (χ4n) is 3.66. The molecule has 1 aliphatic rings. The SMILES string of the molecule is C[C@]1(O)CC[C@H](NS(=O)(=O)c2cc(-c3cnc4c(N)nccn34)ccc2F)CC1. The van der Waals surface area contributed by atoms with Gasteiger partial charge in [-0.15, -0.1) is 0 Å². The van der Waals surface area contributed by atoms with E-state index < -0.39 is 26.3 Å². The summed E-state index contributed by atoms with van der Waals surface area (Å²) < 4.78 is 44.4. The molecule has 0 radical (unpaired) electrons. The average molecular weight is 419 g/mol. The van der Waals surface area contributed by atoms with Crippen LogP contribution >= 0.6 is 0 Å². The molecule has 0 saturated heterocycles. The van der Waals surface area contributed by atoms with Gasteiger partial charge in [-0.05, 0) is 50.8 Å². The first-order chi connectivity index (χ1) is 13.7. The highest BCUT2D eigenvalue weighted by atomic mass is 32.2. The lowest BCUT2D eigenvalue weighted by Gasteiger charge is -2.33. The molecule has 0 spiro atoms. The molecule has 0 atom stereocenters. The number of aliphatic hydroxyl groups is 1. The number of anilines is 1. The van der Waals surface area contributed by atoms with Crippen LogP contribution in [0.25, 0.3) is 16.9 Å². The molecule has 0 unspecified atom stereocenters. The number of benzene rings is 1. The summed E-state index contributed by atoms with van der Waals surface area (Å²) in [6, 6.07) is 3.56. The Kier molecular flexibility index (Phi) is 4.80. The predicted octanol–water partition coefficient (Wildman–Crippen LogP) is 2.09. The lowest BCUT2D eigenvalue weighted by atomic mass is 9.84. The molecule has 4 rings (SSSR count). The summed E-state index contributed by atoms with van der Waals surface area (Å²) >= 11 is 0. The van der Waals surface area contributed by atoms with Crippen LogP contribution in [0.3, 0.4) is 0 Å². The predicted molar refractivity (Wildman–Crippen MR) is 106 cm³/mol. The molecule has 10 heteroatoms. The van der Waals surface area contributed by atoms with Gasteiger partial charge in [0.2, 0.25) is 10.0 Å². The quantitative estimate of drug-likeness (QED) is 0.595. The van der Waals surface area contributed by atoms with Gasteiger partial charge < -0.3 is 10.8 Å². The number of nitrogens with one attached hydrogen (secondary N) is 1. The Morgan fingerprint density at radius 2 is 2.03 bits per heavy atom. The van der Waals surface area contributed by atoms with Gasteiger partial charge >= 0.3 is 0 Å². The summed E-state index contributed by atoms with van der Waals surface area (Å²) in [5.74, 6) is -0.595. The number of hydrogen-bond donors (Lipinski definition) is 3. The average Bonchev–Trinajstić information content (AvgIpc) is 3.09. The molecule has 1 saturated carbocycles. The fourth-order valence-corrected chi connectivity index (χ4v) is 5.07. The van der Waals surface area contributed by atoms with Crippen LogP contribution in [0.4, 0.5) is 10.2 Å². The Labute approximate surface area is 167 Å². The normalized spacial score (nSPS) is 22.8. The molecule has 4 N–H and O–H groups in total. The zero-order valence-corrected chi connectivity index (χ0v) is 16.7. The van der Waals surface area contributed by atoms with Crippen molar-refractivity contribution in [1.29, 1.82) is 0 Å². The highest BCUT2D eigenvalue weighted by Crippen LogP contribution is 2.30. The maximum atomic E-state index is 14.5. The van der Waals surface area contributed by atoms with E-state index in [0.717, 1.165) is 6.07 Å². The van der Waals surface area contributed by atoms with Crippen molar-refractivity contribution in [3.63, 3.8) is 0 Å². The van der Waals surface area contributed by atoms with Crippen LogP contribution in [-0.4, -0.2) is 39.5 Å². The summed E-state index contributed by atoms with van der Waals surface area (Å²) in [6.07, 6.45) is 6.65. The number of nitrogens with two attached hydrogens (primary N) is 1.